The molecule has 2 aliphatic heterocycles. The SMILES string of the molecule is O=C(CCn1cncn1)N1CC[C@](O)(c2ccccc2)[C@H](N2CCCC2)C1. The van der Waals surface area contributed by atoms with Crippen LogP contribution in [0.15, 0.2) is 43.0 Å². The summed E-state index contributed by atoms with van der Waals surface area (Å²) >= 11 is 0. The Bertz CT molecular complexity index is 745. The summed E-state index contributed by atoms with van der Waals surface area (Å²) in [4.78, 5) is 21.0. The van der Waals surface area contributed by atoms with Crippen LogP contribution in [0.25, 0.3) is 0 Å². The molecule has 2 atom stereocenters. The summed E-state index contributed by atoms with van der Waals surface area (Å²) in [6, 6.07) is 9.87. The van der Waals surface area contributed by atoms with Crippen LogP contribution in [0.3, 0.4) is 0 Å². The molecule has 3 heterocycles. The van der Waals surface area contributed by atoms with Gasteiger partial charge in [0.05, 0.1) is 12.6 Å². The number of benzene rings is 1. The van der Waals surface area contributed by atoms with Gasteiger partial charge in [-0.25, -0.2) is 4.98 Å². The van der Waals surface area contributed by atoms with Crippen molar-refractivity contribution >= 4 is 5.91 Å². The molecule has 0 bridgehead atoms. The summed E-state index contributed by atoms with van der Waals surface area (Å²) in [5, 5.41) is 15.7. The number of aromatic nitrogens is 3. The van der Waals surface area contributed by atoms with E-state index in [4.69, 9.17) is 0 Å². The molecule has 1 N–H and O–H groups in total. The van der Waals surface area contributed by atoms with Crippen LogP contribution in [-0.2, 0) is 16.9 Å². The highest BCUT2D eigenvalue weighted by molar-refractivity contribution is 5.76. The fourth-order valence-electron chi connectivity index (χ4n) is 4.40. The lowest BCUT2D eigenvalue weighted by Crippen LogP contribution is -2.61. The number of amides is 1. The summed E-state index contributed by atoms with van der Waals surface area (Å²) in [7, 11) is 0. The zero-order valence-electron chi connectivity index (χ0n) is 15.6. The van der Waals surface area contributed by atoms with E-state index in [0.717, 1.165) is 31.5 Å². The van der Waals surface area contributed by atoms with E-state index >= 15 is 0 Å². The summed E-state index contributed by atoms with van der Waals surface area (Å²) < 4.78 is 1.68. The van der Waals surface area contributed by atoms with Gasteiger partial charge in [-0.3, -0.25) is 14.4 Å². The molecule has 27 heavy (non-hydrogen) atoms. The van der Waals surface area contributed by atoms with Gasteiger partial charge in [0.15, 0.2) is 0 Å². The van der Waals surface area contributed by atoms with Gasteiger partial charge in [0.25, 0.3) is 0 Å². The molecule has 7 nitrogen and oxygen atoms in total. The number of nitrogens with zero attached hydrogens (tertiary/aromatic N) is 5. The van der Waals surface area contributed by atoms with Crippen molar-refractivity contribution in [2.24, 2.45) is 0 Å². The average molecular weight is 369 g/mol. The maximum atomic E-state index is 12.8. The monoisotopic (exact) mass is 369 g/mol. The maximum Gasteiger partial charge on any atom is 0.224 e. The van der Waals surface area contributed by atoms with Crippen molar-refractivity contribution in [2.75, 3.05) is 26.2 Å². The van der Waals surface area contributed by atoms with E-state index in [1.54, 1.807) is 11.0 Å². The van der Waals surface area contributed by atoms with Gasteiger partial charge < -0.3 is 10.0 Å². The van der Waals surface area contributed by atoms with Crippen molar-refractivity contribution < 1.29 is 9.90 Å². The van der Waals surface area contributed by atoms with Gasteiger partial charge in [-0.2, -0.15) is 5.10 Å². The topological polar surface area (TPSA) is 74.5 Å². The van der Waals surface area contributed by atoms with Crippen LogP contribution in [0.4, 0.5) is 0 Å². The first-order valence-electron chi connectivity index (χ1n) is 9.79. The number of carbonyl (C=O) groups excluding carboxylic acids is 1. The molecular weight excluding hydrogens is 342 g/mol. The summed E-state index contributed by atoms with van der Waals surface area (Å²) in [6.45, 7) is 3.65. The van der Waals surface area contributed by atoms with Crippen molar-refractivity contribution in [3.05, 3.63) is 48.5 Å². The molecule has 0 radical (unpaired) electrons. The van der Waals surface area contributed by atoms with Gasteiger partial charge in [0.1, 0.15) is 18.3 Å². The first-order valence-corrected chi connectivity index (χ1v) is 9.79. The highest BCUT2D eigenvalue weighted by Crippen LogP contribution is 2.37. The Morgan fingerprint density at radius 3 is 2.67 bits per heavy atom. The van der Waals surface area contributed by atoms with Crippen LogP contribution in [-0.4, -0.2) is 67.8 Å². The molecule has 2 aromatic rings. The van der Waals surface area contributed by atoms with Gasteiger partial charge in [0, 0.05) is 19.5 Å². The third-order valence-corrected chi connectivity index (χ3v) is 5.94. The normalized spacial score (nSPS) is 26.4. The van der Waals surface area contributed by atoms with Crippen molar-refractivity contribution in [3.63, 3.8) is 0 Å². The van der Waals surface area contributed by atoms with Gasteiger partial charge in [-0.05, 0) is 37.9 Å². The predicted molar refractivity (Wildman–Crippen MR) is 101 cm³/mol. The zero-order chi connectivity index (χ0) is 18.7. The van der Waals surface area contributed by atoms with Gasteiger partial charge in [-0.1, -0.05) is 30.3 Å². The molecule has 1 aromatic heterocycles. The van der Waals surface area contributed by atoms with E-state index in [-0.39, 0.29) is 11.9 Å². The Morgan fingerprint density at radius 1 is 1.19 bits per heavy atom. The minimum Gasteiger partial charge on any atom is -0.383 e. The lowest BCUT2D eigenvalue weighted by Gasteiger charge is -2.48. The average Bonchev–Trinajstić information content (AvgIpc) is 3.41. The molecular formula is C20H27N5O2. The summed E-state index contributed by atoms with van der Waals surface area (Å²) in [5.74, 6) is 0.116. The molecule has 7 heteroatoms. The quantitative estimate of drug-likeness (QED) is 0.859. The van der Waals surface area contributed by atoms with Crippen LogP contribution < -0.4 is 0 Å². The molecule has 2 saturated heterocycles. The maximum absolute atomic E-state index is 12.8. The Balaban J connectivity index is 1.49. The van der Waals surface area contributed by atoms with E-state index in [9.17, 15) is 9.90 Å². The minimum atomic E-state index is -0.908. The van der Waals surface area contributed by atoms with Crippen molar-refractivity contribution in [2.45, 2.75) is 43.9 Å². The third-order valence-electron chi connectivity index (χ3n) is 5.94. The first kappa shape index (κ1) is 18.1. The number of hydrogen-bond acceptors (Lipinski definition) is 5. The van der Waals surface area contributed by atoms with Gasteiger partial charge >= 0.3 is 0 Å². The molecule has 2 fully saturated rings. The highest BCUT2D eigenvalue weighted by Gasteiger charge is 2.47. The number of aryl methyl sites for hydroxylation is 1. The Kier molecular flexibility index (Phi) is 5.22. The predicted octanol–water partition coefficient (Wildman–Crippen LogP) is 1.25. The van der Waals surface area contributed by atoms with Crippen molar-refractivity contribution in [3.8, 4) is 0 Å². The molecule has 1 aromatic carbocycles. The van der Waals surface area contributed by atoms with E-state index in [2.05, 4.69) is 15.0 Å². The minimum absolute atomic E-state index is 0.0635. The second-order valence-electron chi connectivity index (χ2n) is 7.55. The molecule has 1 amide bonds. The molecule has 0 unspecified atom stereocenters. The van der Waals surface area contributed by atoms with Crippen molar-refractivity contribution in [1.82, 2.24) is 24.6 Å². The van der Waals surface area contributed by atoms with Crippen LogP contribution in [0.5, 0.6) is 0 Å². The Hall–Kier alpha value is -2.25. The second kappa shape index (κ2) is 7.78. The van der Waals surface area contributed by atoms with E-state index in [0.29, 0.717) is 32.5 Å². The number of likely N-dealkylation sites (tertiary alicyclic amines) is 2. The van der Waals surface area contributed by atoms with Crippen molar-refractivity contribution in [1.29, 1.82) is 0 Å². The molecule has 4 rings (SSSR count). The number of carbonyl (C=O) groups is 1. The van der Waals surface area contributed by atoms with Crippen LogP contribution in [0, 0.1) is 0 Å². The number of piperidine rings is 1. The van der Waals surface area contributed by atoms with Crippen LogP contribution in [0.2, 0.25) is 0 Å². The van der Waals surface area contributed by atoms with Gasteiger partial charge in [-0.15, -0.1) is 0 Å². The van der Waals surface area contributed by atoms with Gasteiger partial charge in [0.2, 0.25) is 5.91 Å². The van der Waals surface area contributed by atoms with Crippen LogP contribution >= 0.6 is 0 Å². The summed E-state index contributed by atoms with van der Waals surface area (Å²) in [5.41, 5.74) is 0.0467. The standard InChI is InChI=1S/C20H27N5O2/c26-19(8-12-25-16-21-15-22-25)24-13-9-20(27,17-6-2-1-3-7-17)18(14-24)23-10-4-5-11-23/h1-3,6-7,15-16,18,27H,4-5,8-14H2/t18-,20+/m1/s1. The Morgan fingerprint density at radius 2 is 1.96 bits per heavy atom. The lowest BCUT2D eigenvalue weighted by atomic mass is 9.79. The zero-order valence-corrected chi connectivity index (χ0v) is 15.6. The highest BCUT2D eigenvalue weighted by atomic mass is 16.3. The Labute approximate surface area is 159 Å². The molecule has 2 aliphatic rings. The fraction of sp³-hybridized carbons (Fsp3) is 0.550. The first-order chi connectivity index (χ1) is 13.2. The second-order valence-corrected chi connectivity index (χ2v) is 7.55. The third kappa shape index (κ3) is 3.75. The summed E-state index contributed by atoms with van der Waals surface area (Å²) in [6.07, 6.45) is 6.38. The number of hydrogen-bond donors (Lipinski definition) is 1. The van der Waals surface area contributed by atoms with E-state index in [1.165, 1.54) is 6.33 Å². The molecule has 0 aliphatic carbocycles. The largest absolute Gasteiger partial charge is 0.383 e. The molecule has 0 spiro atoms. The molecule has 0 saturated carbocycles. The molecule has 144 valence electrons. The number of aliphatic hydroxyl groups is 1. The lowest BCUT2D eigenvalue weighted by molar-refractivity contribution is -0.143. The smallest absolute Gasteiger partial charge is 0.224 e. The van der Waals surface area contributed by atoms with E-state index in [1.807, 2.05) is 35.2 Å². The van der Waals surface area contributed by atoms with Crippen LogP contribution in [0.1, 0.15) is 31.2 Å². The van der Waals surface area contributed by atoms with E-state index < -0.39 is 5.60 Å². The number of rotatable bonds is 5. The fourth-order valence-corrected chi connectivity index (χ4v) is 4.40.